The number of nitrogens with zero attached hydrogens (tertiary/aromatic N) is 3. The van der Waals surface area contributed by atoms with E-state index in [1.807, 2.05) is 0 Å². The molecule has 0 bridgehead atoms. The van der Waals surface area contributed by atoms with Crippen LogP contribution in [0.3, 0.4) is 0 Å². The molecule has 0 spiro atoms. The summed E-state index contributed by atoms with van der Waals surface area (Å²) in [6.07, 6.45) is 3.31. The Hall–Kier alpha value is -2.26. The summed E-state index contributed by atoms with van der Waals surface area (Å²) >= 11 is 1.41. The third kappa shape index (κ3) is 3.14. The molecule has 142 valence electrons. The standard InChI is InChI=1S/C18H18F2N4O2S/c1-25-11-6-22-16(23-7-11)14-5-10-8-27-17(21)24-18(10,9-26-14)12-3-2-4-13(19)15(12)20/h2-4,6-7,10,14H,5,8-9H2,1H3,(H2,21,24)/t10-,14+,18-/m0/s1. The Morgan fingerprint density at radius 2 is 2.07 bits per heavy atom. The van der Waals surface area contributed by atoms with Crippen molar-refractivity contribution in [1.29, 1.82) is 0 Å². The van der Waals surface area contributed by atoms with Crippen LogP contribution in [0.25, 0.3) is 0 Å². The fraction of sp³-hybridized carbons (Fsp3) is 0.389. The van der Waals surface area contributed by atoms with Crippen molar-refractivity contribution < 1.29 is 18.3 Å². The highest BCUT2D eigenvalue weighted by molar-refractivity contribution is 8.13. The predicted molar refractivity (Wildman–Crippen MR) is 97.5 cm³/mol. The van der Waals surface area contributed by atoms with E-state index in [1.165, 1.54) is 17.8 Å². The molecule has 1 aromatic carbocycles. The van der Waals surface area contributed by atoms with Crippen molar-refractivity contribution in [3.8, 4) is 5.75 Å². The second-order valence-corrected chi connectivity index (χ2v) is 7.54. The lowest BCUT2D eigenvalue weighted by molar-refractivity contribution is -0.0628. The zero-order valence-corrected chi connectivity index (χ0v) is 15.4. The van der Waals surface area contributed by atoms with Gasteiger partial charge in [0, 0.05) is 17.2 Å². The van der Waals surface area contributed by atoms with Gasteiger partial charge in [-0.15, -0.1) is 0 Å². The van der Waals surface area contributed by atoms with E-state index in [1.54, 1.807) is 25.6 Å². The first kappa shape index (κ1) is 18.1. The molecular formula is C18H18F2N4O2S. The molecule has 2 aliphatic rings. The van der Waals surface area contributed by atoms with E-state index in [0.717, 1.165) is 6.07 Å². The van der Waals surface area contributed by atoms with Gasteiger partial charge in [-0.3, -0.25) is 0 Å². The summed E-state index contributed by atoms with van der Waals surface area (Å²) in [5.41, 5.74) is 5.05. The van der Waals surface area contributed by atoms with Crippen LogP contribution in [0.4, 0.5) is 8.78 Å². The molecule has 0 saturated carbocycles. The number of fused-ring (bicyclic) bond motifs is 1. The normalized spacial score (nSPS) is 27.6. The first-order chi connectivity index (χ1) is 13.0. The number of aromatic nitrogens is 2. The van der Waals surface area contributed by atoms with E-state index in [0.29, 0.717) is 28.9 Å². The van der Waals surface area contributed by atoms with Gasteiger partial charge in [0.15, 0.2) is 28.4 Å². The van der Waals surface area contributed by atoms with E-state index >= 15 is 0 Å². The number of nitrogens with two attached hydrogens (primary N) is 1. The Morgan fingerprint density at radius 3 is 2.81 bits per heavy atom. The van der Waals surface area contributed by atoms with Gasteiger partial charge >= 0.3 is 0 Å². The molecular weight excluding hydrogens is 374 g/mol. The number of aliphatic imine (C=N–C) groups is 1. The van der Waals surface area contributed by atoms with Gasteiger partial charge in [0.2, 0.25) is 0 Å². The Bertz CT molecular complexity index is 880. The van der Waals surface area contributed by atoms with Crippen LogP contribution in [-0.4, -0.2) is 34.6 Å². The van der Waals surface area contributed by atoms with Crippen molar-refractivity contribution in [3.63, 3.8) is 0 Å². The number of benzene rings is 1. The van der Waals surface area contributed by atoms with Crippen molar-refractivity contribution in [1.82, 2.24) is 9.97 Å². The van der Waals surface area contributed by atoms with E-state index in [2.05, 4.69) is 15.0 Å². The van der Waals surface area contributed by atoms with Crippen LogP contribution < -0.4 is 10.5 Å². The van der Waals surface area contributed by atoms with Crippen LogP contribution >= 0.6 is 11.8 Å². The van der Waals surface area contributed by atoms with Crippen molar-refractivity contribution >= 4 is 16.9 Å². The van der Waals surface area contributed by atoms with Gasteiger partial charge in [-0.05, 0) is 12.5 Å². The highest BCUT2D eigenvalue weighted by Crippen LogP contribution is 2.49. The van der Waals surface area contributed by atoms with Crippen molar-refractivity contribution in [2.75, 3.05) is 19.5 Å². The highest BCUT2D eigenvalue weighted by atomic mass is 32.2. The molecule has 4 rings (SSSR count). The molecule has 0 amide bonds. The molecule has 3 heterocycles. The Morgan fingerprint density at radius 1 is 1.30 bits per heavy atom. The van der Waals surface area contributed by atoms with Crippen LogP contribution in [0.15, 0.2) is 35.6 Å². The number of rotatable bonds is 3. The summed E-state index contributed by atoms with van der Waals surface area (Å²) < 4.78 is 39.5. The molecule has 9 heteroatoms. The molecule has 1 aromatic heterocycles. The van der Waals surface area contributed by atoms with Gasteiger partial charge in [0.25, 0.3) is 0 Å². The number of methoxy groups -OCH3 is 1. The van der Waals surface area contributed by atoms with Crippen LogP contribution in [0, 0.1) is 17.6 Å². The number of amidine groups is 1. The second kappa shape index (κ2) is 7.05. The molecule has 1 saturated heterocycles. The summed E-state index contributed by atoms with van der Waals surface area (Å²) in [6.45, 7) is 0.0688. The Labute approximate surface area is 159 Å². The lowest BCUT2D eigenvalue weighted by Crippen LogP contribution is -2.49. The number of thioether (sulfide) groups is 1. The summed E-state index contributed by atoms with van der Waals surface area (Å²) in [6, 6.07) is 4.12. The van der Waals surface area contributed by atoms with Crippen molar-refractivity contribution in [3.05, 3.63) is 53.6 Å². The number of hydrogen-bond acceptors (Lipinski definition) is 7. The van der Waals surface area contributed by atoms with Gasteiger partial charge in [0.1, 0.15) is 11.6 Å². The largest absolute Gasteiger partial charge is 0.494 e. The van der Waals surface area contributed by atoms with Crippen molar-refractivity contribution in [2.45, 2.75) is 18.1 Å². The number of hydrogen-bond donors (Lipinski definition) is 1. The van der Waals surface area contributed by atoms with E-state index in [4.69, 9.17) is 15.2 Å². The van der Waals surface area contributed by atoms with Gasteiger partial charge < -0.3 is 15.2 Å². The van der Waals surface area contributed by atoms with Crippen LogP contribution in [0.1, 0.15) is 23.9 Å². The molecule has 2 aromatic rings. The minimum Gasteiger partial charge on any atom is -0.494 e. The monoisotopic (exact) mass is 392 g/mol. The second-order valence-electron chi connectivity index (χ2n) is 6.50. The SMILES string of the molecule is COc1cnc([C@H]2C[C@H]3CSC(N)=N[C@@]3(c3cccc(F)c3F)CO2)nc1. The zero-order chi connectivity index (χ0) is 19.0. The predicted octanol–water partition coefficient (Wildman–Crippen LogP) is 2.80. The van der Waals surface area contributed by atoms with Crippen LogP contribution in [0.5, 0.6) is 5.75 Å². The Balaban J connectivity index is 1.69. The van der Waals surface area contributed by atoms with Crippen LogP contribution in [0.2, 0.25) is 0 Å². The maximum Gasteiger partial charge on any atom is 0.164 e. The van der Waals surface area contributed by atoms with Crippen molar-refractivity contribution in [2.24, 2.45) is 16.6 Å². The topological polar surface area (TPSA) is 82.6 Å². The summed E-state index contributed by atoms with van der Waals surface area (Å²) in [7, 11) is 1.54. The van der Waals surface area contributed by atoms with Crippen LogP contribution in [-0.2, 0) is 10.3 Å². The summed E-state index contributed by atoms with van der Waals surface area (Å²) in [5.74, 6) is -0.216. The zero-order valence-electron chi connectivity index (χ0n) is 14.6. The average molecular weight is 392 g/mol. The molecule has 0 radical (unpaired) electrons. The fourth-order valence-corrected chi connectivity index (χ4v) is 4.60. The minimum absolute atomic E-state index is 0.0688. The molecule has 3 atom stereocenters. The highest BCUT2D eigenvalue weighted by Gasteiger charge is 2.50. The van der Waals surface area contributed by atoms with Gasteiger partial charge in [-0.1, -0.05) is 23.9 Å². The lowest BCUT2D eigenvalue weighted by atomic mass is 9.75. The molecule has 0 aliphatic carbocycles. The third-order valence-electron chi connectivity index (χ3n) is 5.01. The maximum atomic E-state index is 14.6. The lowest BCUT2D eigenvalue weighted by Gasteiger charge is -2.45. The molecule has 2 N–H and O–H groups in total. The summed E-state index contributed by atoms with van der Waals surface area (Å²) in [4.78, 5) is 13.1. The number of ether oxygens (including phenoxy) is 2. The first-order valence-corrected chi connectivity index (χ1v) is 9.42. The van der Waals surface area contributed by atoms with E-state index in [-0.39, 0.29) is 24.2 Å². The third-order valence-corrected chi connectivity index (χ3v) is 5.97. The first-order valence-electron chi connectivity index (χ1n) is 8.43. The molecule has 6 nitrogen and oxygen atoms in total. The van der Waals surface area contributed by atoms with Gasteiger partial charge in [-0.2, -0.15) is 0 Å². The smallest absolute Gasteiger partial charge is 0.164 e. The molecule has 1 fully saturated rings. The average Bonchev–Trinajstić information content (AvgIpc) is 2.69. The molecule has 27 heavy (non-hydrogen) atoms. The number of halogens is 2. The minimum atomic E-state index is -1.05. The maximum absolute atomic E-state index is 14.6. The fourth-order valence-electron chi connectivity index (χ4n) is 3.59. The quantitative estimate of drug-likeness (QED) is 0.865. The van der Waals surface area contributed by atoms with Gasteiger partial charge in [0.05, 0.1) is 26.1 Å². The van der Waals surface area contributed by atoms with E-state index in [9.17, 15) is 8.78 Å². The molecule has 0 unspecified atom stereocenters. The van der Waals surface area contributed by atoms with Gasteiger partial charge in [-0.25, -0.2) is 23.7 Å². The Kier molecular flexibility index (Phi) is 4.73. The summed E-state index contributed by atoms with van der Waals surface area (Å²) in [5, 5.41) is 0.345. The molecule has 2 aliphatic heterocycles. The van der Waals surface area contributed by atoms with E-state index < -0.39 is 17.2 Å².